The molecule has 2 heteroatoms. The number of allylic oxidation sites excluding steroid dienone is 3. The Morgan fingerprint density at radius 3 is 1.95 bits per heavy atom. The topological polar surface area (TPSA) is 46.2 Å². The van der Waals surface area contributed by atoms with Gasteiger partial charge in [0.1, 0.15) is 0 Å². The van der Waals surface area contributed by atoms with Gasteiger partial charge >= 0.3 is 0 Å². The minimum atomic E-state index is -0.225. The van der Waals surface area contributed by atoms with Crippen LogP contribution in [0.3, 0.4) is 0 Å². The molecule has 1 atom stereocenters. The third kappa shape index (κ3) is 15.5. The maximum atomic E-state index is 8.74. The van der Waals surface area contributed by atoms with Crippen LogP contribution < -0.4 is 5.73 Å². The first kappa shape index (κ1) is 19.4. The molecule has 0 bridgehead atoms. The molecular weight excluding hydrogens is 246 g/mol. The standard InChI is InChI=1S/C18H35NO/c1-2-3-4-5-6-7-8-9-10-11-12-13-14-15-16-18(19)17-20/h13-16,18,20H,2-12,17,19H2,1H3/b14-13+,16-15-/t18-/m1/s1. The van der Waals surface area contributed by atoms with Crippen molar-refractivity contribution in [2.75, 3.05) is 6.61 Å². The molecular formula is C18H35NO. The predicted molar refractivity (Wildman–Crippen MR) is 89.8 cm³/mol. The van der Waals surface area contributed by atoms with Gasteiger partial charge in [-0.1, -0.05) is 89.0 Å². The lowest BCUT2D eigenvalue weighted by Gasteiger charge is -2.01. The first-order valence-corrected chi connectivity index (χ1v) is 8.51. The van der Waals surface area contributed by atoms with Gasteiger partial charge in [0.15, 0.2) is 0 Å². The smallest absolute Gasteiger partial charge is 0.0618 e. The average Bonchev–Trinajstić information content (AvgIpc) is 2.47. The summed E-state index contributed by atoms with van der Waals surface area (Å²) in [5.41, 5.74) is 5.55. The number of aliphatic hydroxyl groups is 1. The van der Waals surface area contributed by atoms with Crippen molar-refractivity contribution in [2.45, 2.75) is 83.6 Å². The summed E-state index contributed by atoms with van der Waals surface area (Å²) in [6.45, 7) is 2.29. The van der Waals surface area contributed by atoms with E-state index in [4.69, 9.17) is 10.8 Å². The Morgan fingerprint density at radius 1 is 0.850 bits per heavy atom. The number of hydrogen-bond acceptors (Lipinski definition) is 2. The zero-order valence-corrected chi connectivity index (χ0v) is 13.4. The fourth-order valence-electron chi connectivity index (χ4n) is 2.19. The third-order valence-corrected chi connectivity index (χ3v) is 3.54. The molecule has 0 saturated heterocycles. The van der Waals surface area contributed by atoms with Crippen LogP contribution in [0, 0.1) is 0 Å². The molecule has 0 saturated carbocycles. The highest BCUT2D eigenvalue weighted by Crippen LogP contribution is 2.11. The van der Waals surface area contributed by atoms with Crippen LogP contribution in [0.2, 0.25) is 0 Å². The van der Waals surface area contributed by atoms with Gasteiger partial charge in [-0.3, -0.25) is 0 Å². The van der Waals surface area contributed by atoms with Gasteiger partial charge < -0.3 is 10.8 Å². The van der Waals surface area contributed by atoms with Crippen molar-refractivity contribution >= 4 is 0 Å². The maximum Gasteiger partial charge on any atom is 0.0618 e. The quantitative estimate of drug-likeness (QED) is 0.357. The number of hydrogen-bond donors (Lipinski definition) is 2. The van der Waals surface area contributed by atoms with Gasteiger partial charge in [-0.25, -0.2) is 0 Å². The van der Waals surface area contributed by atoms with Crippen LogP contribution in [0.5, 0.6) is 0 Å². The average molecular weight is 281 g/mol. The molecule has 0 spiro atoms. The van der Waals surface area contributed by atoms with E-state index in [0.29, 0.717) is 0 Å². The van der Waals surface area contributed by atoms with Crippen LogP contribution in [0.4, 0.5) is 0 Å². The zero-order chi connectivity index (χ0) is 14.9. The molecule has 0 rings (SSSR count). The van der Waals surface area contributed by atoms with E-state index < -0.39 is 0 Å². The lowest BCUT2D eigenvalue weighted by Crippen LogP contribution is -2.20. The Balaban J connectivity index is 3.16. The highest BCUT2D eigenvalue weighted by atomic mass is 16.3. The van der Waals surface area contributed by atoms with Crippen LogP contribution in [0.25, 0.3) is 0 Å². The van der Waals surface area contributed by atoms with Gasteiger partial charge in [-0.2, -0.15) is 0 Å². The fraction of sp³-hybridized carbons (Fsp3) is 0.778. The highest BCUT2D eigenvalue weighted by molar-refractivity contribution is 5.05. The summed E-state index contributed by atoms with van der Waals surface area (Å²) in [6.07, 6.45) is 23.0. The van der Waals surface area contributed by atoms with Crippen molar-refractivity contribution in [3.63, 3.8) is 0 Å². The molecule has 0 aromatic carbocycles. The summed E-state index contributed by atoms with van der Waals surface area (Å²) in [5, 5.41) is 8.74. The SMILES string of the molecule is CCCCCCCCCCCC/C=C/C=C\[C@@H](N)CO. The van der Waals surface area contributed by atoms with Gasteiger partial charge in [0, 0.05) is 6.04 Å². The highest BCUT2D eigenvalue weighted by Gasteiger charge is 1.92. The zero-order valence-electron chi connectivity index (χ0n) is 13.4. The summed E-state index contributed by atoms with van der Waals surface area (Å²) in [6, 6.07) is -0.225. The fourth-order valence-corrected chi connectivity index (χ4v) is 2.19. The number of rotatable bonds is 14. The van der Waals surface area contributed by atoms with Crippen LogP contribution in [0.1, 0.15) is 77.6 Å². The lowest BCUT2D eigenvalue weighted by atomic mass is 10.1. The van der Waals surface area contributed by atoms with Crippen molar-refractivity contribution in [1.29, 1.82) is 0 Å². The largest absolute Gasteiger partial charge is 0.394 e. The first-order valence-electron chi connectivity index (χ1n) is 8.51. The number of aliphatic hydroxyl groups excluding tert-OH is 1. The van der Waals surface area contributed by atoms with Gasteiger partial charge in [0.2, 0.25) is 0 Å². The molecule has 0 fully saturated rings. The lowest BCUT2D eigenvalue weighted by molar-refractivity contribution is 0.284. The van der Waals surface area contributed by atoms with Crippen molar-refractivity contribution in [1.82, 2.24) is 0 Å². The molecule has 2 nitrogen and oxygen atoms in total. The molecule has 20 heavy (non-hydrogen) atoms. The summed E-state index contributed by atoms with van der Waals surface area (Å²) < 4.78 is 0. The molecule has 0 aliphatic rings. The summed E-state index contributed by atoms with van der Waals surface area (Å²) >= 11 is 0. The normalized spacial score (nSPS) is 13.6. The molecule has 0 aromatic heterocycles. The number of nitrogens with two attached hydrogens (primary N) is 1. The third-order valence-electron chi connectivity index (χ3n) is 3.54. The van der Waals surface area contributed by atoms with Crippen molar-refractivity contribution in [3.05, 3.63) is 24.3 Å². The van der Waals surface area contributed by atoms with Crippen molar-refractivity contribution in [2.24, 2.45) is 5.73 Å². The van der Waals surface area contributed by atoms with E-state index >= 15 is 0 Å². The van der Waals surface area contributed by atoms with E-state index in [1.54, 1.807) is 0 Å². The molecule has 0 amide bonds. The number of unbranched alkanes of at least 4 members (excludes halogenated alkanes) is 10. The second-order valence-corrected chi connectivity index (χ2v) is 5.63. The van der Waals surface area contributed by atoms with E-state index in [2.05, 4.69) is 13.0 Å². The monoisotopic (exact) mass is 281 g/mol. The predicted octanol–water partition coefficient (Wildman–Crippen LogP) is 4.73. The Hall–Kier alpha value is -0.600. The van der Waals surface area contributed by atoms with E-state index in [1.165, 1.54) is 64.2 Å². The summed E-state index contributed by atoms with van der Waals surface area (Å²) in [5.74, 6) is 0. The summed E-state index contributed by atoms with van der Waals surface area (Å²) in [7, 11) is 0. The second-order valence-electron chi connectivity index (χ2n) is 5.63. The van der Waals surface area contributed by atoms with Gasteiger partial charge in [-0.05, 0) is 12.8 Å². The second kappa shape index (κ2) is 16.5. The Labute approximate surface area is 126 Å². The minimum absolute atomic E-state index is 0.0167. The van der Waals surface area contributed by atoms with Crippen molar-refractivity contribution in [3.8, 4) is 0 Å². The molecule has 3 N–H and O–H groups in total. The first-order chi connectivity index (χ1) is 9.81. The molecule has 0 heterocycles. The Kier molecular flexibility index (Phi) is 16.0. The molecule has 0 aliphatic carbocycles. The van der Waals surface area contributed by atoms with E-state index in [0.717, 1.165) is 6.42 Å². The van der Waals surface area contributed by atoms with Gasteiger partial charge in [0.05, 0.1) is 6.61 Å². The van der Waals surface area contributed by atoms with E-state index in [9.17, 15) is 0 Å². The summed E-state index contributed by atoms with van der Waals surface area (Å²) in [4.78, 5) is 0. The van der Waals surface area contributed by atoms with Crippen LogP contribution in [-0.2, 0) is 0 Å². The van der Waals surface area contributed by atoms with Crippen LogP contribution in [0.15, 0.2) is 24.3 Å². The van der Waals surface area contributed by atoms with E-state index in [-0.39, 0.29) is 12.6 Å². The molecule has 0 aliphatic heterocycles. The Morgan fingerprint density at radius 2 is 1.40 bits per heavy atom. The molecule has 0 aromatic rings. The molecule has 0 unspecified atom stereocenters. The van der Waals surface area contributed by atoms with Crippen LogP contribution in [-0.4, -0.2) is 17.8 Å². The van der Waals surface area contributed by atoms with Gasteiger partial charge in [-0.15, -0.1) is 0 Å². The molecule has 0 radical (unpaired) electrons. The Bertz CT molecular complexity index is 236. The maximum absolute atomic E-state index is 8.74. The van der Waals surface area contributed by atoms with Gasteiger partial charge in [0.25, 0.3) is 0 Å². The van der Waals surface area contributed by atoms with Crippen molar-refractivity contribution < 1.29 is 5.11 Å². The van der Waals surface area contributed by atoms with E-state index in [1.807, 2.05) is 18.2 Å². The minimum Gasteiger partial charge on any atom is -0.394 e. The molecule has 118 valence electrons. The van der Waals surface area contributed by atoms with Crippen LogP contribution >= 0.6 is 0 Å².